The third-order valence-corrected chi connectivity index (χ3v) is 8.15. The molecule has 2 heterocycles. The second-order valence-corrected chi connectivity index (χ2v) is 10.5. The first kappa shape index (κ1) is 21.1. The van der Waals surface area contributed by atoms with Crippen LogP contribution in [0.15, 0.2) is 0 Å². The van der Waals surface area contributed by atoms with Crippen LogP contribution < -0.4 is 5.32 Å². The highest BCUT2D eigenvalue weighted by Crippen LogP contribution is 2.39. The molecular weight excluding hydrogens is 384 g/mol. The first-order valence-corrected chi connectivity index (χ1v) is 12.2. The first-order chi connectivity index (χ1) is 14.6. The van der Waals surface area contributed by atoms with Gasteiger partial charge < -0.3 is 29.9 Å². The van der Waals surface area contributed by atoms with Crippen LogP contribution in [0.5, 0.6) is 0 Å². The van der Waals surface area contributed by atoms with E-state index >= 15 is 0 Å². The molecule has 30 heavy (non-hydrogen) atoms. The highest BCUT2D eigenvalue weighted by Gasteiger charge is 2.48. The Morgan fingerprint density at radius 1 is 1.10 bits per heavy atom. The third kappa shape index (κ3) is 4.56. The van der Waals surface area contributed by atoms with Gasteiger partial charge in [0.2, 0.25) is 5.91 Å². The Bertz CT molecular complexity index is 608. The van der Waals surface area contributed by atoms with Crippen molar-refractivity contribution in [1.29, 1.82) is 0 Å². The molecular formula is C23H38N2O5. The second kappa shape index (κ2) is 9.02. The molecule has 0 spiro atoms. The molecule has 1 amide bonds. The van der Waals surface area contributed by atoms with Crippen LogP contribution in [0.3, 0.4) is 0 Å². The van der Waals surface area contributed by atoms with Crippen molar-refractivity contribution in [2.45, 2.75) is 81.8 Å². The number of carbonyl (C=O) groups excluding carboxylic acids is 1. The number of fused-ring (bicyclic) bond motifs is 1. The lowest BCUT2D eigenvalue weighted by Crippen LogP contribution is -2.52. The summed E-state index contributed by atoms with van der Waals surface area (Å²) >= 11 is 0. The van der Waals surface area contributed by atoms with E-state index in [2.05, 4.69) is 5.32 Å². The van der Waals surface area contributed by atoms with Gasteiger partial charge in [0.1, 0.15) is 0 Å². The zero-order chi connectivity index (χ0) is 20.7. The Balaban J connectivity index is 1.24. The Kier molecular flexibility index (Phi) is 6.36. The molecule has 7 heteroatoms. The summed E-state index contributed by atoms with van der Waals surface area (Å²) in [6, 6.07) is 0.897. The lowest BCUT2D eigenvalue weighted by atomic mass is 9.78. The van der Waals surface area contributed by atoms with Gasteiger partial charge in [0, 0.05) is 51.2 Å². The summed E-state index contributed by atoms with van der Waals surface area (Å²) in [5.74, 6) is 1.12. The van der Waals surface area contributed by atoms with E-state index in [0.717, 1.165) is 32.7 Å². The zero-order valence-electron chi connectivity index (χ0n) is 18.0. The third-order valence-electron chi connectivity index (χ3n) is 8.15. The van der Waals surface area contributed by atoms with Crippen LogP contribution in [0.2, 0.25) is 0 Å². The van der Waals surface area contributed by atoms with E-state index in [1.165, 1.54) is 32.1 Å². The zero-order valence-corrected chi connectivity index (χ0v) is 18.0. The Morgan fingerprint density at radius 2 is 1.97 bits per heavy atom. The van der Waals surface area contributed by atoms with Gasteiger partial charge in [-0.15, -0.1) is 0 Å². The molecule has 0 bridgehead atoms. The molecule has 3 aliphatic carbocycles. The number of ether oxygens (including phenoxy) is 2. The van der Waals surface area contributed by atoms with E-state index in [4.69, 9.17) is 9.47 Å². The van der Waals surface area contributed by atoms with Gasteiger partial charge in [-0.2, -0.15) is 0 Å². The number of hydrogen-bond donors (Lipinski definition) is 3. The molecule has 8 atom stereocenters. The van der Waals surface area contributed by atoms with E-state index in [9.17, 15) is 15.0 Å². The van der Waals surface area contributed by atoms with Crippen molar-refractivity contribution in [3.8, 4) is 0 Å². The van der Waals surface area contributed by atoms with Crippen molar-refractivity contribution in [2.75, 3.05) is 32.9 Å². The summed E-state index contributed by atoms with van der Waals surface area (Å²) in [6.45, 7) is 3.86. The van der Waals surface area contributed by atoms with Gasteiger partial charge >= 0.3 is 0 Å². The average Bonchev–Trinajstić information content (AvgIpc) is 3.21. The van der Waals surface area contributed by atoms with Gasteiger partial charge in [-0.3, -0.25) is 4.79 Å². The van der Waals surface area contributed by atoms with E-state index in [0.29, 0.717) is 42.9 Å². The molecule has 0 aromatic carbocycles. The number of aliphatic hydroxyl groups excluding tert-OH is 2. The molecule has 0 aromatic rings. The largest absolute Gasteiger partial charge is 0.393 e. The van der Waals surface area contributed by atoms with Crippen LogP contribution in [0.25, 0.3) is 0 Å². The van der Waals surface area contributed by atoms with E-state index in [-0.39, 0.29) is 18.4 Å². The quantitative estimate of drug-likeness (QED) is 0.590. The fourth-order valence-corrected chi connectivity index (χ4v) is 6.26. The molecule has 5 aliphatic rings. The van der Waals surface area contributed by atoms with Crippen LogP contribution in [0, 0.1) is 23.7 Å². The smallest absolute Gasteiger partial charge is 0.230 e. The van der Waals surface area contributed by atoms with Crippen LogP contribution in [0.1, 0.15) is 51.4 Å². The SMILES string of the molecule is O=C(C1C(O)CC(O)CC1OCC1CC1)N1CC2CCCC(NC3CCOC3)C2C1. The molecule has 7 nitrogen and oxygen atoms in total. The summed E-state index contributed by atoms with van der Waals surface area (Å²) in [5, 5.41) is 24.7. The normalized spacial score (nSPS) is 44.3. The number of nitrogens with zero attached hydrogens (tertiary/aromatic N) is 1. The fraction of sp³-hybridized carbons (Fsp3) is 0.957. The highest BCUT2D eigenvalue weighted by atomic mass is 16.5. The summed E-state index contributed by atoms with van der Waals surface area (Å²) in [4.78, 5) is 15.5. The number of carbonyl (C=O) groups is 1. The molecule has 2 aliphatic heterocycles. The average molecular weight is 423 g/mol. The van der Waals surface area contributed by atoms with Gasteiger partial charge in [-0.25, -0.2) is 0 Å². The molecule has 0 aromatic heterocycles. The highest BCUT2D eigenvalue weighted by molar-refractivity contribution is 5.80. The number of rotatable bonds is 6. The Labute approximate surface area is 179 Å². The molecule has 5 rings (SSSR count). The van der Waals surface area contributed by atoms with Gasteiger partial charge in [0.05, 0.1) is 30.8 Å². The second-order valence-electron chi connectivity index (χ2n) is 10.5. The molecule has 170 valence electrons. The number of likely N-dealkylation sites (tertiary alicyclic amines) is 1. The molecule has 8 unspecified atom stereocenters. The monoisotopic (exact) mass is 422 g/mol. The van der Waals surface area contributed by atoms with E-state index in [1.54, 1.807) is 0 Å². The van der Waals surface area contributed by atoms with Gasteiger partial charge in [0.25, 0.3) is 0 Å². The summed E-state index contributed by atoms with van der Waals surface area (Å²) < 4.78 is 11.6. The lowest BCUT2D eigenvalue weighted by molar-refractivity contribution is -0.157. The molecule has 2 saturated heterocycles. The molecule has 3 saturated carbocycles. The van der Waals surface area contributed by atoms with Crippen molar-refractivity contribution in [1.82, 2.24) is 10.2 Å². The molecule has 3 N–H and O–H groups in total. The minimum Gasteiger partial charge on any atom is -0.393 e. The van der Waals surface area contributed by atoms with Crippen LogP contribution in [0.4, 0.5) is 0 Å². The minimum atomic E-state index is -0.822. The molecule has 5 fully saturated rings. The maximum Gasteiger partial charge on any atom is 0.230 e. The predicted molar refractivity (Wildman–Crippen MR) is 111 cm³/mol. The number of nitrogens with one attached hydrogen (secondary N) is 1. The molecule has 0 radical (unpaired) electrons. The summed E-state index contributed by atoms with van der Waals surface area (Å²) in [6.07, 6.45) is 5.95. The number of aliphatic hydroxyl groups is 2. The maximum absolute atomic E-state index is 13.5. The first-order valence-electron chi connectivity index (χ1n) is 12.2. The van der Waals surface area contributed by atoms with Crippen molar-refractivity contribution in [3.63, 3.8) is 0 Å². The topological polar surface area (TPSA) is 91.3 Å². The van der Waals surface area contributed by atoms with Crippen LogP contribution >= 0.6 is 0 Å². The standard InChI is InChI=1S/C23H38N2O5/c26-17-8-20(27)22(21(9-17)30-12-14-4-5-14)23(28)25-10-15-2-1-3-19(18(15)11-25)24-16-6-7-29-13-16/h14-22,24,26-27H,1-13H2. The van der Waals surface area contributed by atoms with Crippen molar-refractivity contribution in [3.05, 3.63) is 0 Å². The van der Waals surface area contributed by atoms with Crippen LogP contribution in [-0.2, 0) is 14.3 Å². The number of amides is 1. The van der Waals surface area contributed by atoms with Crippen LogP contribution in [-0.4, -0.2) is 84.3 Å². The summed E-state index contributed by atoms with van der Waals surface area (Å²) in [5.41, 5.74) is 0. The van der Waals surface area contributed by atoms with Gasteiger partial charge in [0.15, 0.2) is 0 Å². The summed E-state index contributed by atoms with van der Waals surface area (Å²) in [7, 11) is 0. The van der Waals surface area contributed by atoms with E-state index in [1.807, 2.05) is 4.90 Å². The van der Waals surface area contributed by atoms with Crippen molar-refractivity contribution in [2.24, 2.45) is 23.7 Å². The minimum absolute atomic E-state index is 0.0348. The Morgan fingerprint density at radius 3 is 2.73 bits per heavy atom. The van der Waals surface area contributed by atoms with Crippen molar-refractivity contribution < 1.29 is 24.5 Å². The predicted octanol–water partition coefficient (Wildman–Crippen LogP) is 0.919. The van der Waals surface area contributed by atoms with Gasteiger partial charge in [-0.05, 0) is 49.9 Å². The van der Waals surface area contributed by atoms with Gasteiger partial charge in [-0.1, -0.05) is 6.42 Å². The Hall–Kier alpha value is -0.730. The van der Waals surface area contributed by atoms with Crippen molar-refractivity contribution >= 4 is 5.91 Å². The van der Waals surface area contributed by atoms with E-state index < -0.39 is 18.1 Å². The fourth-order valence-electron chi connectivity index (χ4n) is 6.26. The maximum atomic E-state index is 13.5. The lowest BCUT2D eigenvalue weighted by Gasteiger charge is -2.38. The number of hydrogen-bond acceptors (Lipinski definition) is 6.